The van der Waals surface area contributed by atoms with Crippen LogP contribution >= 0.6 is 23.2 Å². The molecule has 0 aliphatic heterocycles. The van der Waals surface area contributed by atoms with Crippen molar-refractivity contribution in [1.82, 2.24) is 5.43 Å². The molecule has 10 nitrogen and oxygen atoms in total. The molecule has 0 spiro atoms. The standard InChI is InChI=1S/C24H19Cl2N3O7/c1-14(35-18-7-5-17(6-8-18)29(32)33)23(30)28-27-13-15-3-10-21(22(11-15)34-2)36-24(31)16-4-9-19(25)20(26)12-16/h3-14H,1-2H3,(H,28,30)/b27-13+. The number of carbonyl (C=O) groups is 2. The van der Waals surface area contributed by atoms with Gasteiger partial charge in [-0.3, -0.25) is 14.9 Å². The lowest BCUT2D eigenvalue weighted by Gasteiger charge is -2.12. The summed E-state index contributed by atoms with van der Waals surface area (Å²) < 4.78 is 16.1. The highest BCUT2D eigenvalue weighted by molar-refractivity contribution is 6.42. The second kappa shape index (κ2) is 12.0. The molecular formula is C24H19Cl2N3O7. The van der Waals surface area contributed by atoms with E-state index in [9.17, 15) is 19.7 Å². The molecule has 3 aromatic rings. The number of hydrogen-bond donors (Lipinski definition) is 1. The Bertz CT molecular complexity index is 1310. The van der Waals surface area contributed by atoms with Crippen LogP contribution < -0.4 is 19.6 Å². The lowest BCUT2D eigenvalue weighted by Crippen LogP contribution is -2.33. The zero-order chi connectivity index (χ0) is 26.2. The molecule has 1 atom stereocenters. The molecule has 12 heteroatoms. The largest absolute Gasteiger partial charge is 0.493 e. The van der Waals surface area contributed by atoms with Gasteiger partial charge in [0.1, 0.15) is 5.75 Å². The summed E-state index contributed by atoms with van der Waals surface area (Å²) in [4.78, 5) is 34.8. The highest BCUT2D eigenvalue weighted by Crippen LogP contribution is 2.29. The monoisotopic (exact) mass is 531 g/mol. The minimum atomic E-state index is -0.915. The minimum Gasteiger partial charge on any atom is -0.493 e. The molecule has 36 heavy (non-hydrogen) atoms. The summed E-state index contributed by atoms with van der Waals surface area (Å²) in [6.45, 7) is 1.51. The molecule has 186 valence electrons. The summed E-state index contributed by atoms with van der Waals surface area (Å²) in [6, 6.07) is 14.4. The Balaban J connectivity index is 1.59. The molecule has 3 aromatic carbocycles. The first-order valence-electron chi connectivity index (χ1n) is 10.3. The molecule has 1 N–H and O–H groups in total. The number of carbonyl (C=O) groups excluding carboxylic acids is 2. The fourth-order valence-electron chi connectivity index (χ4n) is 2.80. The van der Waals surface area contributed by atoms with Gasteiger partial charge in [0.05, 0.1) is 33.9 Å². The van der Waals surface area contributed by atoms with Crippen LogP contribution in [0.2, 0.25) is 10.0 Å². The fraction of sp³-hybridized carbons (Fsp3) is 0.125. The topological polar surface area (TPSA) is 129 Å². The molecule has 0 bridgehead atoms. The zero-order valence-corrected chi connectivity index (χ0v) is 20.4. The van der Waals surface area contributed by atoms with Crippen LogP contribution in [0.1, 0.15) is 22.8 Å². The van der Waals surface area contributed by atoms with E-state index in [1.54, 1.807) is 12.1 Å². The molecule has 0 saturated heterocycles. The van der Waals surface area contributed by atoms with E-state index in [0.717, 1.165) is 0 Å². The van der Waals surface area contributed by atoms with E-state index in [1.807, 2.05) is 0 Å². The third-order valence-electron chi connectivity index (χ3n) is 4.66. The number of non-ortho nitro benzene ring substituents is 1. The average Bonchev–Trinajstić information content (AvgIpc) is 2.86. The average molecular weight is 532 g/mol. The number of ether oxygens (including phenoxy) is 3. The number of nitrogens with one attached hydrogen (secondary N) is 1. The maximum atomic E-state index is 12.4. The van der Waals surface area contributed by atoms with E-state index in [-0.39, 0.29) is 27.8 Å². The van der Waals surface area contributed by atoms with Crippen molar-refractivity contribution in [3.8, 4) is 17.2 Å². The number of esters is 1. The van der Waals surface area contributed by atoms with Crippen molar-refractivity contribution >= 4 is 47.0 Å². The number of nitro groups is 1. The first-order valence-corrected chi connectivity index (χ1v) is 11.0. The number of benzene rings is 3. The maximum absolute atomic E-state index is 12.4. The fourth-order valence-corrected chi connectivity index (χ4v) is 3.09. The van der Waals surface area contributed by atoms with Crippen LogP contribution in [-0.2, 0) is 4.79 Å². The van der Waals surface area contributed by atoms with Crippen LogP contribution in [0.4, 0.5) is 5.69 Å². The van der Waals surface area contributed by atoms with Crippen LogP contribution in [-0.4, -0.2) is 36.2 Å². The third-order valence-corrected chi connectivity index (χ3v) is 5.40. The second-order valence-corrected chi connectivity index (χ2v) is 7.99. The molecule has 3 rings (SSSR count). The number of nitro benzene ring substituents is 1. The van der Waals surface area contributed by atoms with Gasteiger partial charge in [0.2, 0.25) is 0 Å². The van der Waals surface area contributed by atoms with Gasteiger partial charge in [-0.25, -0.2) is 10.2 Å². The number of hydrazone groups is 1. The van der Waals surface area contributed by atoms with Crippen molar-refractivity contribution in [2.45, 2.75) is 13.0 Å². The number of hydrogen-bond acceptors (Lipinski definition) is 8. The smallest absolute Gasteiger partial charge is 0.343 e. The second-order valence-electron chi connectivity index (χ2n) is 7.17. The highest BCUT2D eigenvalue weighted by atomic mass is 35.5. The van der Waals surface area contributed by atoms with Crippen molar-refractivity contribution in [2.24, 2.45) is 5.10 Å². The number of amides is 1. The number of nitrogens with zero attached hydrogens (tertiary/aromatic N) is 2. The third kappa shape index (κ3) is 6.94. The molecule has 0 aromatic heterocycles. The molecule has 0 aliphatic rings. The molecule has 0 radical (unpaired) electrons. The highest BCUT2D eigenvalue weighted by Gasteiger charge is 2.16. The lowest BCUT2D eigenvalue weighted by molar-refractivity contribution is -0.384. The molecule has 1 unspecified atom stereocenters. The Morgan fingerprint density at radius 2 is 1.75 bits per heavy atom. The molecule has 0 heterocycles. The first-order chi connectivity index (χ1) is 17.2. The molecule has 0 aliphatic carbocycles. The van der Waals surface area contributed by atoms with Gasteiger partial charge in [-0.1, -0.05) is 23.2 Å². The van der Waals surface area contributed by atoms with Gasteiger partial charge in [-0.05, 0) is 61.0 Å². The Hall–Kier alpha value is -4.15. The number of rotatable bonds is 9. The van der Waals surface area contributed by atoms with E-state index in [0.29, 0.717) is 16.3 Å². The quantitative estimate of drug-likeness (QED) is 0.134. The molecule has 0 fully saturated rings. The van der Waals surface area contributed by atoms with E-state index in [4.69, 9.17) is 37.4 Å². The van der Waals surface area contributed by atoms with Crippen LogP contribution in [0.15, 0.2) is 65.8 Å². The van der Waals surface area contributed by atoms with E-state index < -0.39 is 22.9 Å². The Morgan fingerprint density at radius 1 is 1.03 bits per heavy atom. The summed E-state index contributed by atoms with van der Waals surface area (Å²) in [6.07, 6.45) is 0.449. The molecule has 0 saturated carbocycles. The van der Waals surface area contributed by atoms with E-state index in [1.165, 1.54) is 68.8 Å². The summed E-state index contributed by atoms with van der Waals surface area (Å²) in [7, 11) is 1.41. The maximum Gasteiger partial charge on any atom is 0.343 e. The normalized spacial score (nSPS) is 11.6. The van der Waals surface area contributed by atoms with Gasteiger partial charge in [0, 0.05) is 12.1 Å². The van der Waals surface area contributed by atoms with Gasteiger partial charge in [0.15, 0.2) is 17.6 Å². The van der Waals surface area contributed by atoms with Crippen LogP contribution in [0.5, 0.6) is 17.2 Å². The number of methoxy groups -OCH3 is 1. The Kier molecular flexibility index (Phi) is 8.82. The van der Waals surface area contributed by atoms with E-state index >= 15 is 0 Å². The van der Waals surface area contributed by atoms with Crippen molar-refractivity contribution in [1.29, 1.82) is 0 Å². The molecular weight excluding hydrogens is 513 g/mol. The minimum absolute atomic E-state index is 0.0883. The summed E-state index contributed by atoms with van der Waals surface area (Å²) in [5, 5.41) is 15.1. The van der Waals surface area contributed by atoms with Crippen molar-refractivity contribution in [3.05, 3.63) is 92.0 Å². The van der Waals surface area contributed by atoms with Crippen LogP contribution in [0.25, 0.3) is 0 Å². The van der Waals surface area contributed by atoms with Crippen molar-refractivity contribution in [3.63, 3.8) is 0 Å². The summed E-state index contributed by atoms with van der Waals surface area (Å²) >= 11 is 11.8. The zero-order valence-electron chi connectivity index (χ0n) is 18.9. The predicted molar refractivity (Wildman–Crippen MR) is 133 cm³/mol. The first kappa shape index (κ1) is 26.5. The predicted octanol–water partition coefficient (Wildman–Crippen LogP) is 5.05. The van der Waals surface area contributed by atoms with Gasteiger partial charge in [0.25, 0.3) is 11.6 Å². The van der Waals surface area contributed by atoms with Crippen LogP contribution in [0.3, 0.4) is 0 Å². The SMILES string of the molecule is COc1cc(/C=N/NC(=O)C(C)Oc2ccc([N+](=O)[O-])cc2)ccc1OC(=O)c1ccc(Cl)c(Cl)c1. The van der Waals surface area contributed by atoms with Gasteiger partial charge >= 0.3 is 5.97 Å². The lowest BCUT2D eigenvalue weighted by atomic mass is 10.2. The van der Waals surface area contributed by atoms with Crippen LogP contribution in [0, 0.1) is 10.1 Å². The van der Waals surface area contributed by atoms with Crippen molar-refractivity contribution in [2.75, 3.05) is 7.11 Å². The van der Waals surface area contributed by atoms with Crippen molar-refractivity contribution < 1.29 is 28.7 Å². The Morgan fingerprint density at radius 3 is 2.39 bits per heavy atom. The molecule has 1 amide bonds. The number of halogens is 2. The summed E-state index contributed by atoms with van der Waals surface area (Å²) in [5.74, 6) is -0.470. The van der Waals surface area contributed by atoms with Gasteiger partial charge in [-0.15, -0.1) is 0 Å². The summed E-state index contributed by atoms with van der Waals surface area (Å²) in [5.41, 5.74) is 3.02. The van der Waals surface area contributed by atoms with Gasteiger partial charge in [-0.2, -0.15) is 5.10 Å². The van der Waals surface area contributed by atoms with Gasteiger partial charge < -0.3 is 14.2 Å². The van der Waals surface area contributed by atoms with E-state index in [2.05, 4.69) is 10.5 Å². The Labute approximate surface area is 215 Å².